The summed E-state index contributed by atoms with van der Waals surface area (Å²) >= 11 is 6.55. The average Bonchev–Trinajstić information content (AvgIpc) is 3.17. The molecule has 0 N–H and O–H groups in total. The second-order valence-electron chi connectivity index (χ2n) is 9.05. The van der Waals surface area contributed by atoms with Crippen LogP contribution >= 0.6 is 11.6 Å². The zero-order chi connectivity index (χ0) is 23.7. The van der Waals surface area contributed by atoms with Gasteiger partial charge in [0.15, 0.2) is 5.78 Å². The number of carbonyl (C=O) groups is 3. The van der Waals surface area contributed by atoms with Gasteiger partial charge in [-0.05, 0) is 35.7 Å². The maximum atomic E-state index is 13.0. The number of carbonyl (C=O) groups excluding carboxylic acids is 3. The second kappa shape index (κ2) is 9.86. The molecule has 2 aromatic rings. The van der Waals surface area contributed by atoms with E-state index in [2.05, 4.69) is 4.90 Å². The highest BCUT2D eigenvalue weighted by Gasteiger charge is 2.40. The van der Waals surface area contributed by atoms with Gasteiger partial charge in [-0.15, -0.1) is 0 Å². The highest BCUT2D eigenvalue weighted by Crippen LogP contribution is 2.34. The standard InChI is InChI=1S/C26H27ClN2O5/c27-22-12-17(4-5-18(22)14-28-8-10-33-11-9-28)16-34-25-3-1-2-20-21(25)15-29(26(20)32)23-7-6-19(30)13-24(23)31/h1-5,12,23H,6-11,13-16H2. The molecule has 1 saturated heterocycles. The number of nitrogens with zero attached hydrogens (tertiary/aromatic N) is 2. The Hall–Kier alpha value is -2.74. The maximum Gasteiger partial charge on any atom is 0.255 e. The summed E-state index contributed by atoms with van der Waals surface area (Å²) in [7, 11) is 0. The first-order valence-electron chi connectivity index (χ1n) is 11.7. The van der Waals surface area contributed by atoms with Gasteiger partial charge < -0.3 is 14.4 Å². The summed E-state index contributed by atoms with van der Waals surface area (Å²) in [4.78, 5) is 40.9. The van der Waals surface area contributed by atoms with Crippen molar-refractivity contribution in [2.75, 3.05) is 26.3 Å². The van der Waals surface area contributed by atoms with E-state index < -0.39 is 6.04 Å². The van der Waals surface area contributed by atoms with Crippen molar-refractivity contribution in [2.24, 2.45) is 0 Å². The number of morpholine rings is 1. The number of amides is 1. The predicted molar refractivity (Wildman–Crippen MR) is 126 cm³/mol. The SMILES string of the molecule is O=C1CCC(N2Cc3c(OCc4ccc(CN5CCOCC5)c(Cl)c4)cccc3C2=O)C(=O)C1. The smallest absolute Gasteiger partial charge is 0.255 e. The van der Waals surface area contributed by atoms with Gasteiger partial charge in [-0.3, -0.25) is 19.3 Å². The molecule has 2 aliphatic heterocycles. The third-order valence-electron chi connectivity index (χ3n) is 6.78. The topological polar surface area (TPSA) is 76.2 Å². The minimum absolute atomic E-state index is 0.0518. The van der Waals surface area contributed by atoms with Crippen LogP contribution in [0.25, 0.3) is 0 Å². The number of halogens is 1. The van der Waals surface area contributed by atoms with Crippen LogP contribution in [0.15, 0.2) is 36.4 Å². The lowest BCUT2D eigenvalue weighted by atomic mass is 9.92. The molecule has 1 aliphatic carbocycles. The highest BCUT2D eigenvalue weighted by atomic mass is 35.5. The molecule has 1 atom stereocenters. The molecule has 2 fully saturated rings. The fourth-order valence-electron chi connectivity index (χ4n) is 4.87. The predicted octanol–water partition coefficient (Wildman–Crippen LogP) is 3.40. The summed E-state index contributed by atoms with van der Waals surface area (Å²) in [6.45, 7) is 4.72. The molecule has 5 rings (SSSR count). The molecule has 0 radical (unpaired) electrons. The van der Waals surface area contributed by atoms with E-state index >= 15 is 0 Å². The van der Waals surface area contributed by atoms with Gasteiger partial charge in [0.2, 0.25) is 0 Å². The van der Waals surface area contributed by atoms with Crippen molar-refractivity contribution in [1.29, 1.82) is 0 Å². The van der Waals surface area contributed by atoms with Crippen LogP contribution in [0, 0.1) is 0 Å². The van der Waals surface area contributed by atoms with E-state index in [0.717, 1.165) is 49.5 Å². The Bertz CT molecular complexity index is 1130. The Morgan fingerprint density at radius 2 is 1.91 bits per heavy atom. The third-order valence-corrected chi connectivity index (χ3v) is 7.13. The Kier molecular flexibility index (Phi) is 6.68. The zero-order valence-electron chi connectivity index (χ0n) is 18.9. The number of ketones is 2. The van der Waals surface area contributed by atoms with Gasteiger partial charge in [0.25, 0.3) is 5.91 Å². The van der Waals surface area contributed by atoms with E-state index in [1.807, 2.05) is 24.3 Å². The summed E-state index contributed by atoms with van der Waals surface area (Å²) in [6, 6.07) is 10.8. The van der Waals surface area contributed by atoms with Crippen molar-refractivity contribution in [3.63, 3.8) is 0 Å². The molecule has 0 aromatic heterocycles. The zero-order valence-corrected chi connectivity index (χ0v) is 19.7. The van der Waals surface area contributed by atoms with Gasteiger partial charge in [-0.1, -0.05) is 29.8 Å². The lowest BCUT2D eigenvalue weighted by Gasteiger charge is -2.29. The molecule has 34 heavy (non-hydrogen) atoms. The van der Waals surface area contributed by atoms with Crippen molar-refractivity contribution in [3.8, 4) is 5.75 Å². The fraction of sp³-hybridized carbons (Fsp3) is 0.423. The molecule has 2 heterocycles. The minimum Gasteiger partial charge on any atom is -0.489 e. The van der Waals surface area contributed by atoms with Crippen LogP contribution in [-0.2, 0) is 34.0 Å². The Morgan fingerprint density at radius 1 is 1.09 bits per heavy atom. The summed E-state index contributed by atoms with van der Waals surface area (Å²) in [5.41, 5.74) is 3.36. The second-order valence-corrected chi connectivity index (χ2v) is 9.46. The molecule has 0 spiro atoms. The molecule has 7 nitrogen and oxygen atoms in total. The number of Topliss-reactive ketones (excluding diaryl/α,β-unsaturated/α-hetero) is 2. The van der Waals surface area contributed by atoms with Crippen LogP contribution in [0.5, 0.6) is 5.75 Å². The average molecular weight is 483 g/mol. The van der Waals surface area contributed by atoms with E-state index in [0.29, 0.717) is 42.3 Å². The van der Waals surface area contributed by atoms with E-state index in [-0.39, 0.29) is 23.9 Å². The van der Waals surface area contributed by atoms with Crippen molar-refractivity contribution >= 4 is 29.1 Å². The molecule has 2 aromatic carbocycles. The third kappa shape index (κ3) is 4.73. The van der Waals surface area contributed by atoms with Crippen LogP contribution in [0.2, 0.25) is 5.02 Å². The van der Waals surface area contributed by atoms with Gasteiger partial charge >= 0.3 is 0 Å². The van der Waals surface area contributed by atoms with Crippen LogP contribution in [0.3, 0.4) is 0 Å². The number of ether oxygens (including phenoxy) is 2. The summed E-state index contributed by atoms with van der Waals surface area (Å²) < 4.78 is 11.5. The number of rotatable bonds is 6. The van der Waals surface area contributed by atoms with Gasteiger partial charge in [0.05, 0.1) is 32.2 Å². The number of fused-ring (bicyclic) bond motifs is 1. The minimum atomic E-state index is -0.539. The number of hydrogen-bond acceptors (Lipinski definition) is 6. The molecule has 1 saturated carbocycles. The van der Waals surface area contributed by atoms with Gasteiger partial charge in [0, 0.05) is 42.2 Å². The Labute approximate surface area is 203 Å². The molecule has 1 unspecified atom stereocenters. The highest BCUT2D eigenvalue weighted by molar-refractivity contribution is 6.31. The van der Waals surface area contributed by atoms with E-state index in [4.69, 9.17) is 21.1 Å². The van der Waals surface area contributed by atoms with Gasteiger partial charge in [0.1, 0.15) is 18.1 Å². The van der Waals surface area contributed by atoms with E-state index in [9.17, 15) is 14.4 Å². The normalized spacial score (nSPS) is 21.1. The molecule has 0 bridgehead atoms. The molecular weight excluding hydrogens is 456 g/mol. The summed E-state index contributed by atoms with van der Waals surface area (Å²) in [5, 5.41) is 0.706. The van der Waals surface area contributed by atoms with Crippen LogP contribution in [0.4, 0.5) is 0 Å². The van der Waals surface area contributed by atoms with Crippen molar-refractivity contribution < 1.29 is 23.9 Å². The van der Waals surface area contributed by atoms with Crippen LogP contribution in [-0.4, -0.2) is 59.6 Å². The lowest BCUT2D eigenvalue weighted by molar-refractivity contribution is -0.133. The lowest BCUT2D eigenvalue weighted by Crippen LogP contribution is -2.44. The van der Waals surface area contributed by atoms with Crippen molar-refractivity contribution in [3.05, 3.63) is 63.7 Å². The van der Waals surface area contributed by atoms with E-state index in [1.54, 1.807) is 17.0 Å². The Balaban J connectivity index is 1.26. The quantitative estimate of drug-likeness (QED) is 0.587. The first kappa shape index (κ1) is 23.0. The van der Waals surface area contributed by atoms with Crippen molar-refractivity contribution in [2.45, 2.75) is 45.0 Å². The van der Waals surface area contributed by atoms with E-state index in [1.165, 1.54) is 0 Å². The first-order chi connectivity index (χ1) is 16.5. The van der Waals surface area contributed by atoms with Gasteiger partial charge in [-0.2, -0.15) is 0 Å². The summed E-state index contributed by atoms with van der Waals surface area (Å²) in [5.74, 6) is 0.223. The molecular formula is C26H27ClN2O5. The van der Waals surface area contributed by atoms with Crippen molar-refractivity contribution in [1.82, 2.24) is 9.80 Å². The first-order valence-corrected chi connectivity index (χ1v) is 12.0. The number of benzene rings is 2. The molecule has 3 aliphatic rings. The summed E-state index contributed by atoms with van der Waals surface area (Å²) in [6.07, 6.45) is 0.640. The largest absolute Gasteiger partial charge is 0.489 e. The molecule has 1 amide bonds. The van der Waals surface area contributed by atoms with Crippen LogP contribution < -0.4 is 4.74 Å². The van der Waals surface area contributed by atoms with Gasteiger partial charge in [-0.25, -0.2) is 0 Å². The maximum absolute atomic E-state index is 13.0. The monoisotopic (exact) mass is 482 g/mol. The molecule has 178 valence electrons. The Morgan fingerprint density at radius 3 is 2.68 bits per heavy atom. The fourth-order valence-corrected chi connectivity index (χ4v) is 5.13. The van der Waals surface area contributed by atoms with Crippen LogP contribution in [0.1, 0.15) is 46.3 Å². The number of hydrogen-bond donors (Lipinski definition) is 0. The molecule has 8 heteroatoms.